The van der Waals surface area contributed by atoms with Crippen LogP contribution < -0.4 is 9.46 Å². The third kappa shape index (κ3) is 4.26. The van der Waals surface area contributed by atoms with Crippen molar-refractivity contribution < 1.29 is 13.2 Å². The number of methoxy groups -OCH3 is 1. The lowest BCUT2D eigenvalue weighted by molar-refractivity contribution is 0.413. The summed E-state index contributed by atoms with van der Waals surface area (Å²) in [4.78, 5) is 0.157. The van der Waals surface area contributed by atoms with Crippen molar-refractivity contribution in [3.05, 3.63) is 58.6 Å². The van der Waals surface area contributed by atoms with Crippen LogP contribution in [0.2, 0.25) is 5.02 Å². The fourth-order valence-electron chi connectivity index (χ4n) is 1.97. The van der Waals surface area contributed by atoms with E-state index in [1.54, 1.807) is 38.3 Å². The van der Waals surface area contributed by atoms with E-state index in [9.17, 15) is 8.42 Å². The summed E-state index contributed by atoms with van der Waals surface area (Å²) < 4.78 is 32.2. The first kappa shape index (κ1) is 17.4. The van der Waals surface area contributed by atoms with Crippen LogP contribution in [-0.2, 0) is 10.0 Å². The Morgan fingerprint density at radius 1 is 1.17 bits per heavy atom. The topological polar surface area (TPSA) is 55.4 Å². The molecule has 2 aromatic carbocycles. The molecule has 0 aromatic heterocycles. The van der Waals surface area contributed by atoms with Crippen LogP contribution in [0.15, 0.2) is 47.4 Å². The van der Waals surface area contributed by atoms with Crippen LogP contribution in [0.1, 0.15) is 11.1 Å². The highest BCUT2D eigenvalue weighted by atomic mass is 35.5. The van der Waals surface area contributed by atoms with Gasteiger partial charge in [0, 0.05) is 5.02 Å². The van der Waals surface area contributed by atoms with E-state index in [-0.39, 0.29) is 11.4 Å². The van der Waals surface area contributed by atoms with E-state index in [2.05, 4.69) is 16.6 Å². The summed E-state index contributed by atoms with van der Waals surface area (Å²) in [7, 11) is -2.09. The fourth-order valence-corrected chi connectivity index (χ4v) is 3.39. The minimum absolute atomic E-state index is 0.00760. The molecule has 0 aliphatic carbocycles. The highest BCUT2D eigenvalue weighted by Gasteiger charge is 2.16. The molecule has 1 N–H and O–H groups in total. The monoisotopic (exact) mass is 349 g/mol. The second kappa shape index (κ2) is 7.51. The van der Waals surface area contributed by atoms with Crippen LogP contribution in [0, 0.1) is 18.8 Å². The fraction of sp³-hybridized carbons (Fsp3) is 0.176. The molecule has 0 bridgehead atoms. The Morgan fingerprint density at radius 2 is 1.91 bits per heavy atom. The van der Waals surface area contributed by atoms with Crippen molar-refractivity contribution in [2.75, 3.05) is 13.7 Å². The first-order valence-electron chi connectivity index (χ1n) is 6.82. The van der Waals surface area contributed by atoms with Crippen LogP contribution in [0.3, 0.4) is 0 Å². The van der Waals surface area contributed by atoms with Crippen molar-refractivity contribution in [1.29, 1.82) is 0 Å². The number of halogens is 1. The molecule has 0 spiro atoms. The molecule has 2 aromatic rings. The van der Waals surface area contributed by atoms with Crippen LogP contribution in [0.25, 0.3) is 0 Å². The Morgan fingerprint density at radius 3 is 2.65 bits per heavy atom. The maximum Gasteiger partial charge on any atom is 0.241 e. The number of benzene rings is 2. The number of para-hydroxylation sites is 1. The number of hydrogen-bond acceptors (Lipinski definition) is 3. The number of rotatable bonds is 4. The van der Waals surface area contributed by atoms with Crippen molar-refractivity contribution in [2.24, 2.45) is 0 Å². The molecule has 0 heterocycles. The van der Waals surface area contributed by atoms with Gasteiger partial charge >= 0.3 is 0 Å². The number of sulfonamides is 1. The second-order valence-electron chi connectivity index (χ2n) is 4.69. The van der Waals surface area contributed by atoms with Gasteiger partial charge in [0.25, 0.3) is 0 Å². The molecule has 4 nitrogen and oxygen atoms in total. The Balaban J connectivity index is 2.12. The highest BCUT2D eigenvalue weighted by molar-refractivity contribution is 7.89. The maximum atomic E-state index is 12.3. The normalized spacial score (nSPS) is 10.7. The average molecular weight is 350 g/mol. The Kier molecular flexibility index (Phi) is 5.67. The summed E-state index contributed by atoms with van der Waals surface area (Å²) in [6.07, 6.45) is 0. The molecule has 0 saturated heterocycles. The van der Waals surface area contributed by atoms with E-state index in [1.807, 2.05) is 12.1 Å². The largest absolute Gasteiger partial charge is 0.495 e. The zero-order valence-electron chi connectivity index (χ0n) is 12.8. The first-order valence-corrected chi connectivity index (χ1v) is 8.68. The smallest absolute Gasteiger partial charge is 0.241 e. The van der Waals surface area contributed by atoms with Crippen molar-refractivity contribution in [3.8, 4) is 17.6 Å². The van der Waals surface area contributed by atoms with Gasteiger partial charge in [0.2, 0.25) is 10.0 Å². The summed E-state index contributed by atoms with van der Waals surface area (Å²) in [6.45, 7) is 1.66. The van der Waals surface area contributed by atoms with E-state index in [1.165, 1.54) is 6.07 Å². The van der Waals surface area contributed by atoms with Gasteiger partial charge in [-0.1, -0.05) is 41.6 Å². The molecule has 0 fully saturated rings. The van der Waals surface area contributed by atoms with Gasteiger partial charge in [-0.2, -0.15) is 4.72 Å². The second-order valence-corrected chi connectivity index (χ2v) is 6.83. The van der Waals surface area contributed by atoms with Crippen LogP contribution >= 0.6 is 11.6 Å². The lowest BCUT2D eigenvalue weighted by atomic mass is 10.2. The molecule has 0 aliphatic rings. The summed E-state index contributed by atoms with van der Waals surface area (Å²) in [5.41, 5.74) is 1.22. The molecule has 0 saturated carbocycles. The van der Waals surface area contributed by atoms with Crippen molar-refractivity contribution in [2.45, 2.75) is 11.8 Å². The zero-order valence-corrected chi connectivity index (χ0v) is 14.3. The minimum Gasteiger partial charge on any atom is -0.495 e. The lowest BCUT2D eigenvalue weighted by Crippen LogP contribution is -2.24. The number of ether oxygens (including phenoxy) is 1. The van der Waals surface area contributed by atoms with Gasteiger partial charge in [-0.25, -0.2) is 8.42 Å². The summed E-state index contributed by atoms with van der Waals surface area (Å²) in [5, 5.41) is 0.410. The molecular weight excluding hydrogens is 334 g/mol. The quantitative estimate of drug-likeness (QED) is 0.863. The van der Waals surface area contributed by atoms with Gasteiger partial charge in [0.05, 0.1) is 24.1 Å². The van der Waals surface area contributed by atoms with Gasteiger partial charge < -0.3 is 4.74 Å². The maximum absolute atomic E-state index is 12.3. The summed E-state index contributed by atoms with van der Waals surface area (Å²) >= 11 is 5.96. The van der Waals surface area contributed by atoms with E-state index in [0.717, 1.165) is 0 Å². The van der Waals surface area contributed by atoms with Crippen LogP contribution in [-0.4, -0.2) is 22.1 Å². The first-order chi connectivity index (χ1) is 11.0. The molecule has 0 amide bonds. The van der Waals surface area contributed by atoms with Gasteiger partial charge in [-0.05, 0) is 36.8 Å². The summed E-state index contributed by atoms with van der Waals surface area (Å²) in [6, 6.07) is 12.0. The van der Waals surface area contributed by atoms with E-state index < -0.39 is 10.0 Å². The van der Waals surface area contributed by atoms with Crippen LogP contribution in [0.4, 0.5) is 0 Å². The van der Waals surface area contributed by atoms with E-state index in [4.69, 9.17) is 16.3 Å². The molecule has 120 valence electrons. The van der Waals surface area contributed by atoms with E-state index in [0.29, 0.717) is 21.9 Å². The molecule has 23 heavy (non-hydrogen) atoms. The predicted molar refractivity (Wildman–Crippen MR) is 91.2 cm³/mol. The van der Waals surface area contributed by atoms with Crippen molar-refractivity contribution in [1.82, 2.24) is 4.72 Å². The SMILES string of the molecule is COc1ccccc1C#CCNS(=O)(=O)c1cccc(Cl)c1C. The molecular formula is C17H16ClNO3S. The minimum atomic E-state index is -3.65. The Bertz CT molecular complexity index is 867. The van der Waals surface area contributed by atoms with Crippen LogP contribution in [0.5, 0.6) is 5.75 Å². The van der Waals surface area contributed by atoms with Gasteiger partial charge in [0.15, 0.2) is 0 Å². The third-order valence-corrected chi connectivity index (χ3v) is 5.14. The van der Waals surface area contributed by atoms with Gasteiger partial charge in [0.1, 0.15) is 5.75 Å². The average Bonchev–Trinajstić information content (AvgIpc) is 2.54. The van der Waals surface area contributed by atoms with Crippen molar-refractivity contribution in [3.63, 3.8) is 0 Å². The van der Waals surface area contributed by atoms with E-state index >= 15 is 0 Å². The lowest BCUT2D eigenvalue weighted by Gasteiger charge is -2.08. The summed E-state index contributed by atoms with van der Waals surface area (Å²) in [5.74, 6) is 6.32. The Hall–Kier alpha value is -2.00. The van der Waals surface area contributed by atoms with Crippen molar-refractivity contribution >= 4 is 21.6 Å². The molecule has 0 unspecified atom stereocenters. The molecule has 2 rings (SSSR count). The molecule has 0 atom stereocenters. The highest BCUT2D eigenvalue weighted by Crippen LogP contribution is 2.22. The Labute approximate surface area is 141 Å². The van der Waals surface area contributed by atoms with Gasteiger partial charge in [-0.3, -0.25) is 0 Å². The zero-order chi connectivity index (χ0) is 16.9. The number of hydrogen-bond donors (Lipinski definition) is 1. The third-order valence-electron chi connectivity index (χ3n) is 3.19. The molecule has 0 aliphatic heterocycles. The number of nitrogens with one attached hydrogen (secondary N) is 1. The van der Waals surface area contributed by atoms with Gasteiger partial charge in [-0.15, -0.1) is 0 Å². The molecule has 0 radical (unpaired) electrons. The predicted octanol–water partition coefficient (Wildman–Crippen LogP) is 2.99. The molecule has 6 heteroatoms. The standard InChI is InChI=1S/C17H16ClNO3S/c1-13-15(18)9-5-11-17(13)23(20,21)19-12-6-8-14-7-3-4-10-16(14)22-2/h3-5,7,9-11,19H,12H2,1-2H3.